The SMILES string of the molecule is CNS(=O)(=O)c1ccc(CCN)cc1. The van der Waals surface area contributed by atoms with Gasteiger partial charge in [0.15, 0.2) is 0 Å². The maximum absolute atomic E-state index is 11.3. The molecular formula is C9H14N2O2S. The first-order chi connectivity index (χ1) is 6.60. The highest BCUT2D eigenvalue weighted by Gasteiger charge is 2.09. The van der Waals surface area contributed by atoms with Gasteiger partial charge in [-0.3, -0.25) is 0 Å². The second-order valence-electron chi connectivity index (χ2n) is 2.89. The summed E-state index contributed by atoms with van der Waals surface area (Å²) in [6.07, 6.45) is 0.764. The summed E-state index contributed by atoms with van der Waals surface area (Å²) in [5, 5.41) is 0. The van der Waals surface area contributed by atoms with Gasteiger partial charge in [-0.25, -0.2) is 13.1 Å². The zero-order valence-electron chi connectivity index (χ0n) is 8.03. The quantitative estimate of drug-likeness (QED) is 0.746. The van der Waals surface area contributed by atoms with Crippen LogP contribution in [0.25, 0.3) is 0 Å². The van der Waals surface area contributed by atoms with E-state index in [1.807, 2.05) is 0 Å². The molecule has 0 aromatic heterocycles. The van der Waals surface area contributed by atoms with Gasteiger partial charge in [-0.2, -0.15) is 0 Å². The number of nitrogens with two attached hydrogens (primary N) is 1. The molecule has 78 valence electrons. The van der Waals surface area contributed by atoms with Crippen molar-refractivity contribution >= 4 is 10.0 Å². The van der Waals surface area contributed by atoms with Crippen LogP contribution in [0, 0.1) is 0 Å². The predicted octanol–water partition coefficient (Wildman–Crippen LogP) is 0.0959. The molecule has 0 aliphatic rings. The van der Waals surface area contributed by atoms with Crippen molar-refractivity contribution in [1.82, 2.24) is 4.72 Å². The standard InChI is InChI=1S/C9H14N2O2S/c1-11-14(12,13)9-4-2-8(3-5-9)6-7-10/h2-5,11H,6-7,10H2,1H3. The maximum Gasteiger partial charge on any atom is 0.240 e. The van der Waals surface area contributed by atoms with Crippen LogP contribution >= 0.6 is 0 Å². The number of rotatable bonds is 4. The van der Waals surface area contributed by atoms with Crippen molar-refractivity contribution in [3.05, 3.63) is 29.8 Å². The lowest BCUT2D eigenvalue weighted by Crippen LogP contribution is -2.18. The van der Waals surface area contributed by atoms with Crippen LogP contribution < -0.4 is 10.5 Å². The van der Waals surface area contributed by atoms with Gasteiger partial charge in [0, 0.05) is 0 Å². The Hall–Kier alpha value is -0.910. The molecule has 0 bridgehead atoms. The average molecular weight is 214 g/mol. The molecule has 0 aliphatic heterocycles. The van der Waals surface area contributed by atoms with Crippen LogP contribution in [-0.2, 0) is 16.4 Å². The van der Waals surface area contributed by atoms with E-state index in [1.165, 1.54) is 7.05 Å². The van der Waals surface area contributed by atoms with Gasteiger partial charge in [-0.05, 0) is 37.7 Å². The highest BCUT2D eigenvalue weighted by molar-refractivity contribution is 7.89. The van der Waals surface area contributed by atoms with Crippen LogP contribution in [0.2, 0.25) is 0 Å². The summed E-state index contributed by atoms with van der Waals surface area (Å²) in [6.45, 7) is 0.568. The fourth-order valence-corrected chi connectivity index (χ4v) is 1.85. The Labute approximate surface area is 84.2 Å². The second-order valence-corrected chi connectivity index (χ2v) is 4.78. The topological polar surface area (TPSA) is 72.2 Å². The largest absolute Gasteiger partial charge is 0.330 e. The summed E-state index contributed by atoms with van der Waals surface area (Å²) in [7, 11) is -1.92. The first kappa shape index (κ1) is 11.2. The van der Waals surface area contributed by atoms with Crippen molar-refractivity contribution in [2.75, 3.05) is 13.6 Å². The van der Waals surface area contributed by atoms with Crippen LogP contribution in [-0.4, -0.2) is 22.0 Å². The van der Waals surface area contributed by atoms with E-state index < -0.39 is 10.0 Å². The van der Waals surface area contributed by atoms with Crippen molar-refractivity contribution in [2.24, 2.45) is 5.73 Å². The Morgan fingerprint density at radius 1 is 1.29 bits per heavy atom. The van der Waals surface area contributed by atoms with E-state index in [-0.39, 0.29) is 4.90 Å². The number of benzene rings is 1. The Kier molecular flexibility index (Phi) is 3.62. The lowest BCUT2D eigenvalue weighted by Gasteiger charge is -2.03. The van der Waals surface area contributed by atoms with Crippen LogP contribution in [0.3, 0.4) is 0 Å². The minimum Gasteiger partial charge on any atom is -0.330 e. The monoisotopic (exact) mass is 214 g/mol. The van der Waals surface area contributed by atoms with E-state index in [0.717, 1.165) is 12.0 Å². The number of nitrogens with one attached hydrogen (secondary N) is 1. The Morgan fingerprint density at radius 3 is 2.29 bits per heavy atom. The maximum atomic E-state index is 11.3. The van der Waals surface area contributed by atoms with E-state index >= 15 is 0 Å². The van der Waals surface area contributed by atoms with Gasteiger partial charge in [0.1, 0.15) is 0 Å². The molecule has 1 rings (SSSR count). The van der Waals surface area contributed by atoms with Crippen molar-refractivity contribution in [3.8, 4) is 0 Å². The normalized spacial score (nSPS) is 11.6. The highest BCUT2D eigenvalue weighted by atomic mass is 32.2. The first-order valence-electron chi connectivity index (χ1n) is 4.32. The van der Waals surface area contributed by atoms with Crippen LogP contribution in [0.15, 0.2) is 29.2 Å². The molecule has 0 aliphatic carbocycles. The Bertz CT molecular complexity index is 384. The van der Waals surface area contributed by atoms with E-state index in [9.17, 15) is 8.42 Å². The van der Waals surface area contributed by atoms with Crippen molar-refractivity contribution in [1.29, 1.82) is 0 Å². The van der Waals surface area contributed by atoms with Gasteiger partial charge in [-0.1, -0.05) is 12.1 Å². The molecule has 0 amide bonds. The van der Waals surface area contributed by atoms with Gasteiger partial charge < -0.3 is 5.73 Å². The van der Waals surface area contributed by atoms with Crippen molar-refractivity contribution in [2.45, 2.75) is 11.3 Å². The molecule has 0 radical (unpaired) electrons. The summed E-state index contributed by atoms with van der Waals surface area (Å²) in [5.41, 5.74) is 6.42. The van der Waals surface area contributed by atoms with Crippen LogP contribution in [0.1, 0.15) is 5.56 Å². The number of hydrogen-bond donors (Lipinski definition) is 2. The number of sulfonamides is 1. The summed E-state index contributed by atoms with van der Waals surface area (Å²) in [6, 6.07) is 6.71. The summed E-state index contributed by atoms with van der Waals surface area (Å²) >= 11 is 0. The van der Waals surface area contributed by atoms with E-state index in [1.54, 1.807) is 24.3 Å². The van der Waals surface area contributed by atoms with Gasteiger partial charge >= 0.3 is 0 Å². The lowest BCUT2D eigenvalue weighted by atomic mass is 10.2. The molecule has 5 heteroatoms. The molecule has 14 heavy (non-hydrogen) atoms. The fraction of sp³-hybridized carbons (Fsp3) is 0.333. The fourth-order valence-electron chi connectivity index (χ4n) is 1.12. The zero-order chi connectivity index (χ0) is 10.6. The van der Waals surface area contributed by atoms with E-state index in [2.05, 4.69) is 4.72 Å². The molecule has 0 spiro atoms. The van der Waals surface area contributed by atoms with E-state index in [0.29, 0.717) is 6.54 Å². The zero-order valence-corrected chi connectivity index (χ0v) is 8.84. The Balaban J connectivity index is 2.94. The summed E-state index contributed by atoms with van der Waals surface area (Å²) < 4.78 is 24.9. The molecular weight excluding hydrogens is 200 g/mol. The number of hydrogen-bond acceptors (Lipinski definition) is 3. The minimum absolute atomic E-state index is 0.278. The molecule has 3 N–H and O–H groups in total. The second kappa shape index (κ2) is 4.54. The van der Waals surface area contributed by atoms with Crippen LogP contribution in [0.4, 0.5) is 0 Å². The molecule has 0 heterocycles. The molecule has 0 saturated carbocycles. The molecule has 0 fully saturated rings. The lowest BCUT2D eigenvalue weighted by molar-refractivity contribution is 0.588. The third-order valence-electron chi connectivity index (χ3n) is 1.94. The van der Waals surface area contributed by atoms with Gasteiger partial charge in [0.2, 0.25) is 10.0 Å². The molecule has 4 nitrogen and oxygen atoms in total. The van der Waals surface area contributed by atoms with Gasteiger partial charge in [0.05, 0.1) is 4.90 Å². The Morgan fingerprint density at radius 2 is 1.86 bits per heavy atom. The van der Waals surface area contributed by atoms with Gasteiger partial charge in [-0.15, -0.1) is 0 Å². The third-order valence-corrected chi connectivity index (χ3v) is 3.37. The molecule has 0 unspecified atom stereocenters. The minimum atomic E-state index is -3.31. The van der Waals surface area contributed by atoms with Crippen molar-refractivity contribution < 1.29 is 8.42 Å². The van der Waals surface area contributed by atoms with Crippen LogP contribution in [0.5, 0.6) is 0 Å². The first-order valence-corrected chi connectivity index (χ1v) is 5.81. The molecule has 0 saturated heterocycles. The molecule has 0 atom stereocenters. The summed E-state index contributed by atoms with van der Waals surface area (Å²) in [5.74, 6) is 0. The third kappa shape index (κ3) is 2.54. The smallest absolute Gasteiger partial charge is 0.240 e. The molecule has 1 aromatic rings. The van der Waals surface area contributed by atoms with Crippen molar-refractivity contribution in [3.63, 3.8) is 0 Å². The predicted molar refractivity (Wildman–Crippen MR) is 55.4 cm³/mol. The highest BCUT2D eigenvalue weighted by Crippen LogP contribution is 2.09. The van der Waals surface area contributed by atoms with Gasteiger partial charge in [0.25, 0.3) is 0 Å². The van der Waals surface area contributed by atoms with E-state index in [4.69, 9.17) is 5.73 Å². The summed E-state index contributed by atoms with van der Waals surface area (Å²) in [4.78, 5) is 0.278. The average Bonchev–Trinajstić information content (AvgIpc) is 2.19. The molecule has 1 aromatic carbocycles.